The lowest BCUT2D eigenvalue weighted by molar-refractivity contribution is 0.101. The van der Waals surface area contributed by atoms with E-state index in [1.165, 1.54) is 11.1 Å². The van der Waals surface area contributed by atoms with Crippen LogP contribution in [0.25, 0.3) is 0 Å². The molecule has 0 radical (unpaired) electrons. The highest BCUT2D eigenvalue weighted by atomic mass is 16.1. The molecule has 2 aromatic rings. The number of benzene rings is 1. The Labute approximate surface area is 126 Å². The molecule has 110 valence electrons. The van der Waals surface area contributed by atoms with Crippen LogP contribution in [0.5, 0.6) is 0 Å². The smallest absolute Gasteiger partial charge is 0.159 e. The van der Waals surface area contributed by atoms with Gasteiger partial charge in [0, 0.05) is 31.0 Å². The first kappa shape index (κ1) is 15.4. The second kappa shape index (κ2) is 7.70. The van der Waals surface area contributed by atoms with Crippen molar-refractivity contribution in [3.8, 4) is 0 Å². The summed E-state index contributed by atoms with van der Waals surface area (Å²) in [6.45, 7) is 6.62. The third-order valence-corrected chi connectivity index (χ3v) is 3.44. The third kappa shape index (κ3) is 4.80. The van der Waals surface area contributed by atoms with Crippen LogP contribution < -0.4 is 0 Å². The van der Waals surface area contributed by atoms with Crippen molar-refractivity contribution in [1.29, 1.82) is 0 Å². The van der Waals surface area contributed by atoms with Crippen LogP contribution in [0.3, 0.4) is 0 Å². The van der Waals surface area contributed by atoms with E-state index < -0.39 is 0 Å². The highest BCUT2D eigenvalue weighted by molar-refractivity contribution is 5.93. The summed E-state index contributed by atoms with van der Waals surface area (Å²) in [5.41, 5.74) is 3.23. The van der Waals surface area contributed by atoms with Crippen LogP contribution in [0.2, 0.25) is 0 Å². The minimum Gasteiger partial charge on any atom is -0.295 e. The highest BCUT2D eigenvalue weighted by Crippen LogP contribution is 2.11. The van der Waals surface area contributed by atoms with E-state index in [9.17, 15) is 4.79 Å². The SMILES string of the molecule is CCCN(Cc1ccc(C(C)=O)cc1)Cc1cccnc1. The number of hydrogen-bond acceptors (Lipinski definition) is 3. The Morgan fingerprint density at radius 2 is 1.81 bits per heavy atom. The molecule has 0 spiro atoms. The fourth-order valence-electron chi connectivity index (χ4n) is 2.38. The Balaban J connectivity index is 2.03. The minimum absolute atomic E-state index is 0.113. The van der Waals surface area contributed by atoms with Crippen LogP contribution in [0.4, 0.5) is 0 Å². The van der Waals surface area contributed by atoms with E-state index in [0.717, 1.165) is 31.6 Å². The van der Waals surface area contributed by atoms with E-state index in [1.807, 2.05) is 36.5 Å². The van der Waals surface area contributed by atoms with Gasteiger partial charge in [0.05, 0.1) is 0 Å². The molecule has 2 rings (SSSR count). The Bertz CT molecular complexity index is 564. The van der Waals surface area contributed by atoms with Crippen molar-refractivity contribution >= 4 is 5.78 Å². The Morgan fingerprint density at radius 3 is 2.38 bits per heavy atom. The lowest BCUT2D eigenvalue weighted by atomic mass is 10.1. The Morgan fingerprint density at radius 1 is 1.10 bits per heavy atom. The van der Waals surface area contributed by atoms with Gasteiger partial charge in [-0.3, -0.25) is 14.7 Å². The first-order valence-corrected chi connectivity index (χ1v) is 7.40. The number of pyridine rings is 1. The zero-order valence-corrected chi connectivity index (χ0v) is 12.7. The van der Waals surface area contributed by atoms with E-state index in [1.54, 1.807) is 13.1 Å². The van der Waals surface area contributed by atoms with Crippen molar-refractivity contribution in [2.24, 2.45) is 0 Å². The maximum atomic E-state index is 11.3. The fourth-order valence-corrected chi connectivity index (χ4v) is 2.38. The molecule has 0 fully saturated rings. The first-order valence-electron chi connectivity index (χ1n) is 7.40. The second-order valence-corrected chi connectivity index (χ2v) is 5.33. The van der Waals surface area contributed by atoms with Gasteiger partial charge < -0.3 is 0 Å². The molecule has 1 aromatic heterocycles. The lowest BCUT2D eigenvalue weighted by Crippen LogP contribution is -2.23. The summed E-state index contributed by atoms with van der Waals surface area (Å²) < 4.78 is 0. The van der Waals surface area contributed by atoms with Gasteiger partial charge in [-0.15, -0.1) is 0 Å². The highest BCUT2D eigenvalue weighted by Gasteiger charge is 2.07. The maximum Gasteiger partial charge on any atom is 0.159 e. The van der Waals surface area contributed by atoms with E-state index in [2.05, 4.69) is 22.9 Å². The standard InChI is InChI=1S/C18H22N2O/c1-3-11-20(14-17-5-4-10-19-12-17)13-16-6-8-18(9-7-16)15(2)21/h4-10,12H,3,11,13-14H2,1-2H3. The summed E-state index contributed by atoms with van der Waals surface area (Å²) in [5.74, 6) is 0.113. The van der Waals surface area contributed by atoms with Gasteiger partial charge in [0.2, 0.25) is 0 Å². The van der Waals surface area contributed by atoms with Gasteiger partial charge in [0.25, 0.3) is 0 Å². The number of carbonyl (C=O) groups is 1. The van der Waals surface area contributed by atoms with Crippen LogP contribution >= 0.6 is 0 Å². The molecular formula is C18H22N2O. The summed E-state index contributed by atoms with van der Waals surface area (Å²) in [5, 5.41) is 0. The fraction of sp³-hybridized carbons (Fsp3) is 0.333. The molecule has 0 aliphatic carbocycles. The van der Waals surface area contributed by atoms with Crippen molar-refractivity contribution in [3.05, 3.63) is 65.5 Å². The number of aromatic nitrogens is 1. The Hall–Kier alpha value is -2.00. The van der Waals surface area contributed by atoms with Gasteiger partial charge in [0.1, 0.15) is 0 Å². The zero-order valence-electron chi connectivity index (χ0n) is 12.7. The molecule has 0 N–H and O–H groups in total. The summed E-state index contributed by atoms with van der Waals surface area (Å²) in [4.78, 5) is 17.9. The molecule has 0 atom stereocenters. The molecule has 1 aromatic carbocycles. The number of rotatable bonds is 7. The quantitative estimate of drug-likeness (QED) is 0.726. The van der Waals surface area contributed by atoms with Crippen LogP contribution in [-0.2, 0) is 13.1 Å². The molecule has 0 saturated heterocycles. The number of nitrogens with zero attached hydrogens (tertiary/aromatic N) is 2. The number of Topliss-reactive ketones (excluding diaryl/α,β-unsaturated/α-hetero) is 1. The van der Waals surface area contributed by atoms with Crippen molar-refractivity contribution in [3.63, 3.8) is 0 Å². The summed E-state index contributed by atoms with van der Waals surface area (Å²) in [6, 6.07) is 12.0. The molecule has 1 heterocycles. The van der Waals surface area contributed by atoms with Crippen LogP contribution in [0.15, 0.2) is 48.8 Å². The predicted octanol–water partition coefficient (Wildman–Crippen LogP) is 3.70. The predicted molar refractivity (Wildman–Crippen MR) is 85.1 cm³/mol. The lowest BCUT2D eigenvalue weighted by Gasteiger charge is -2.21. The normalized spacial score (nSPS) is 10.8. The summed E-state index contributed by atoms with van der Waals surface area (Å²) >= 11 is 0. The molecule has 0 saturated carbocycles. The molecule has 21 heavy (non-hydrogen) atoms. The van der Waals surface area contributed by atoms with Gasteiger partial charge in [-0.2, -0.15) is 0 Å². The number of hydrogen-bond donors (Lipinski definition) is 0. The Kier molecular flexibility index (Phi) is 5.64. The van der Waals surface area contributed by atoms with Gasteiger partial charge in [-0.05, 0) is 37.1 Å². The summed E-state index contributed by atoms with van der Waals surface area (Å²) in [7, 11) is 0. The average Bonchev–Trinajstić information content (AvgIpc) is 2.49. The van der Waals surface area contributed by atoms with Crippen LogP contribution in [0, 0.1) is 0 Å². The molecule has 0 aliphatic rings. The molecule has 3 heteroatoms. The molecule has 0 unspecified atom stereocenters. The van der Waals surface area contributed by atoms with Crippen molar-refractivity contribution in [2.45, 2.75) is 33.4 Å². The first-order chi connectivity index (χ1) is 10.2. The van der Waals surface area contributed by atoms with E-state index in [-0.39, 0.29) is 5.78 Å². The minimum atomic E-state index is 0.113. The third-order valence-electron chi connectivity index (χ3n) is 3.44. The topological polar surface area (TPSA) is 33.2 Å². The van der Waals surface area contributed by atoms with Gasteiger partial charge >= 0.3 is 0 Å². The van der Waals surface area contributed by atoms with E-state index >= 15 is 0 Å². The van der Waals surface area contributed by atoms with Crippen LogP contribution in [0.1, 0.15) is 41.8 Å². The largest absolute Gasteiger partial charge is 0.295 e. The number of carbonyl (C=O) groups excluding carboxylic acids is 1. The zero-order chi connectivity index (χ0) is 15.1. The number of ketones is 1. The second-order valence-electron chi connectivity index (χ2n) is 5.33. The van der Waals surface area contributed by atoms with Crippen LogP contribution in [-0.4, -0.2) is 22.2 Å². The van der Waals surface area contributed by atoms with Crippen molar-refractivity contribution in [2.75, 3.05) is 6.54 Å². The van der Waals surface area contributed by atoms with Gasteiger partial charge in [0.15, 0.2) is 5.78 Å². The monoisotopic (exact) mass is 282 g/mol. The van der Waals surface area contributed by atoms with Gasteiger partial charge in [-0.25, -0.2) is 0 Å². The van der Waals surface area contributed by atoms with Crippen molar-refractivity contribution in [1.82, 2.24) is 9.88 Å². The van der Waals surface area contributed by atoms with E-state index in [4.69, 9.17) is 0 Å². The molecule has 0 bridgehead atoms. The summed E-state index contributed by atoms with van der Waals surface area (Å²) in [6.07, 6.45) is 4.83. The van der Waals surface area contributed by atoms with E-state index in [0.29, 0.717) is 0 Å². The molecule has 0 amide bonds. The molecule has 3 nitrogen and oxygen atoms in total. The molecular weight excluding hydrogens is 260 g/mol. The maximum absolute atomic E-state index is 11.3. The van der Waals surface area contributed by atoms with Gasteiger partial charge in [-0.1, -0.05) is 37.3 Å². The molecule has 0 aliphatic heterocycles. The average molecular weight is 282 g/mol. The van der Waals surface area contributed by atoms with Crippen molar-refractivity contribution < 1.29 is 4.79 Å².